The fourth-order valence-electron chi connectivity index (χ4n) is 3.89. The molecule has 1 aromatic heterocycles. The molecule has 8 nitrogen and oxygen atoms in total. The van der Waals surface area contributed by atoms with Crippen LogP contribution in [0.15, 0.2) is 24.3 Å². The molecular formula is C21H27N5O3. The molecule has 4 rings (SSSR count). The van der Waals surface area contributed by atoms with Crippen molar-refractivity contribution in [1.82, 2.24) is 15.1 Å². The molecule has 1 saturated heterocycles. The minimum Gasteiger partial charge on any atom is -0.497 e. The first-order valence-corrected chi connectivity index (χ1v) is 10.0. The van der Waals surface area contributed by atoms with Crippen LogP contribution in [0.5, 0.6) is 11.5 Å². The first kappa shape index (κ1) is 19.4. The SMILES string of the molecule is COc1cc(NC(=O)CN2CCN(c3cc4c(nn3)CCC4)CC2)cc(OC)c1. The van der Waals surface area contributed by atoms with Crippen molar-refractivity contribution in [3.63, 3.8) is 0 Å². The maximum Gasteiger partial charge on any atom is 0.238 e. The van der Waals surface area contributed by atoms with Gasteiger partial charge in [-0.25, -0.2) is 0 Å². The number of aromatic nitrogens is 2. The first-order valence-electron chi connectivity index (χ1n) is 10.0. The van der Waals surface area contributed by atoms with Crippen molar-refractivity contribution in [3.05, 3.63) is 35.5 Å². The Labute approximate surface area is 170 Å². The van der Waals surface area contributed by atoms with E-state index >= 15 is 0 Å². The highest BCUT2D eigenvalue weighted by Crippen LogP contribution is 2.26. The quantitative estimate of drug-likeness (QED) is 0.795. The van der Waals surface area contributed by atoms with Gasteiger partial charge < -0.3 is 19.7 Å². The van der Waals surface area contributed by atoms with E-state index in [1.54, 1.807) is 32.4 Å². The van der Waals surface area contributed by atoms with Crippen molar-refractivity contribution in [2.45, 2.75) is 19.3 Å². The fraction of sp³-hybridized carbons (Fsp3) is 0.476. The molecule has 1 amide bonds. The zero-order valence-corrected chi connectivity index (χ0v) is 17.0. The number of benzene rings is 1. The van der Waals surface area contributed by atoms with Crippen LogP contribution < -0.4 is 19.7 Å². The van der Waals surface area contributed by atoms with Crippen molar-refractivity contribution in [2.75, 3.05) is 57.2 Å². The molecule has 1 aromatic carbocycles. The van der Waals surface area contributed by atoms with Crippen molar-refractivity contribution < 1.29 is 14.3 Å². The summed E-state index contributed by atoms with van der Waals surface area (Å²) in [7, 11) is 3.18. The highest BCUT2D eigenvalue weighted by Gasteiger charge is 2.22. The maximum atomic E-state index is 12.5. The van der Waals surface area contributed by atoms with Crippen molar-refractivity contribution in [3.8, 4) is 11.5 Å². The van der Waals surface area contributed by atoms with Crippen LogP contribution in [0.25, 0.3) is 0 Å². The Bertz CT molecular complexity index is 858. The van der Waals surface area contributed by atoms with E-state index in [4.69, 9.17) is 9.47 Å². The topological polar surface area (TPSA) is 79.8 Å². The molecule has 0 spiro atoms. The summed E-state index contributed by atoms with van der Waals surface area (Å²) in [6, 6.07) is 7.53. The second-order valence-corrected chi connectivity index (χ2v) is 7.44. The summed E-state index contributed by atoms with van der Waals surface area (Å²) >= 11 is 0. The molecule has 0 unspecified atom stereocenters. The van der Waals surface area contributed by atoms with Crippen LogP contribution in [0.2, 0.25) is 0 Å². The molecule has 154 valence electrons. The molecule has 2 heterocycles. The number of nitrogens with zero attached hydrogens (tertiary/aromatic N) is 4. The lowest BCUT2D eigenvalue weighted by atomic mass is 10.2. The van der Waals surface area contributed by atoms with Crippen molar-refractivity contribution in [2.24, 2.45) is 0 Å². The van der Waals surface area contributed by atoms with Crippen LogP contribution in [0.3, 0.4) is 0 Å². The number of ether oxygens (including phenoxy) is 2. The smallest absolute Gasteiger partial charge is 0.238 e. The number of aryl methyl sites for hydroxylation is 2. The lowest BCUT2D eigenvalue weighted by Gasteiger charge is -2.34. The number of hydrogen-bond acceptors (Lipinski definition) is 7. The van der Waals surface area contributed by atoms with E-state index in [1.165, 1.54) is 12.0 Å². The van der Waals surface area contributed by atoms with Gasteiger partial charge in [0.05, 0.1) is 26.5 Å². The van der Waals surface area contributed by atoms with Crippen LogP contribution in [-0.2, 0) is 17.6 Å². The van der Waals surface area contributed by atoms with E-state index in [0.29, 0.717) is 23.7 Å². The molecule has 1 fully saturated rings. The lowest BCUT2D eigenvalue weighted by Crippen LogP contribution is -2.49. The van der Waals surface area contributed by atoms with Crippen LogP contribution >= 0.6 is 0 Å². The van der Waals surface area contributed by atoms with Gasteiger partial charge in [0, 0.05) is 50.1 Å². The molecule has 8 heteroatoms. The van der Waals surface area contributed by atoms with Gasteiger partial charge in [-0.1, -0.05) is 0 Å². The maximum absolute atomic E-state index is 12.5. The molecule has 0 atom stereocenters. The molecule has 0 radical (unpaired) electrons. The monoisotopic (exact) mass is 397 g/mol. The van der Waals surface area contributed by atoms with E-state index < -0.39 is 0 Å². The second-order valence-electron chi connectivity index (χ2n) is 7.44. The third-order valence-corrected chi connectivity index (χ3v) is 5.51. The Morgan fingerprint density at radius 1 is 1.00 bits per heavy atom. The van der Waals surface area contributed by atoms with Gasteiger partial charge in [-0.15, -0.1) is 5.10 Å². The predicted molar refractivity (Wildman–Crippen MR) is 111 cm³/mol. The lowest BCUT2D eigenvalue weighted by molar-refractivity contribution is -0.117. The van der Waals surface area contributed by atoms with Crippen LogP contribution in [0.1, 0.15) is 17.7 Å². The van der Waals surface area contributed by atoms with E-state index in [2.05, 4.69) is 31.4 Å². The summed E-state index contributed by atoms with van der Waals surface area (Å²) in [4.78, 5) is 16.9. The third kappa shape index (κ3) is 4.59. The molecule has 1 N–H and O–H groups in total. The molecule has 0 saturated carbocycles. The summed E-state index contributed by atoms with van der Waals surface area (Å²) < 4.78 is 10.5. The normalized spacial score (nSPS) is 16.4. The summed E-state index contributed by atoms with van der Waals surface area (Å²) in [6.07, 6.45) is 3.33. The van der Waals surface area contributed by atoms with Gasteiger partial charge in [-0.3, -0.25) is 9.69 Å². The minimum atomic E-state index is -0.0499. The molecule has 2 aliphatic rings. The summed E-state index contributed by atoms with van der Waals surface area (Å²) in [5.41, 5.74) is 3.15. The zero-order chi connectivity index (χ0) is 20.2. The Kier molecular flexibility index (Phi) is 5.80. The number of fused-ring (bicyclic) bond motifs is 1. The Balaban J connectivity index is 1.30. The number of carbonyl (C=O) groups is 1. The standard InChI is InChI=1S/C21H27N5O3/c1-28-17-11-16(12-18(13-17)29-2)22-21(27)14-25-6-8-26(9-7-25)20-10-15-4-3-5-19(15)23-24-20/h10-13H,3-9,14H2,1-2H3,(H,22,27). The number of anilines is 2. The molecule has 0 bridgehead atoms. The number of carbonyl (C=O) groups excluding carboxylic acids is 1. The molecule has 1 aliphatic heterocycles. The number of methoxy groups -OCH3 is 2. The Hall–Kier alpha value is -2.87. The largest absolute Gasteiger partial charge is 0.497 e. The van der Waals surface area contributed by atoms with Crippen LogP contribution in [-0.4, -0.2) is 67.9 Å². The van der Waals surface area contributed by atoms with Gasteiger partial charge in [-0.05, 0) is 30.9 Å². The predicted octanol–water partition coefficient (Wildman–Crippen LogP) is 1.74. The summed E-state index contributed by atoms with van der Waals surface area (Å²) in [5, 5.41) is 11.7. The molecular weight excluding hydrogens is 370 g/mol. The van der Waals surface area contributed by atoms with Gasteiger partial charge >= 0.3 is 0 Å². The van der Waals surface area contributed by atoms with Crippen molar-refractivity contribution in [1.29, 1.82) is 0 Å². The first-order chi connectivity index (χ1) is 14.1. The molecule has 2 aromatic rings. The van der Waals surface area contributed by atoms with E-state index in [9.17, 15) is 4.79 Å². The number of hydrogen-bond donors (Lipinski definition) is 1. The van der Waals surface area contributed by atoms with E-state index in [-0.39, 0.29) is 5.91 Å². The Morgan fingerprint density at radius 2 is 1.72 bits per heavy atom. The van der Waals surface area contributed by atoms with Crippen LogP contribution in [0.4, 0.5) is 11.5 Å². The Morgan fingerprint density at radius 3 is 2.41 bits per heavy atom. The van der Waals surface area contributed by atoms with E-state index in [1.807, 2.05) is 0 Å². The summed E-state index contributed by atoms with van der Waals surface area (Å²) in [6.45, 7) is 3.66. The minimum absolute atomic E-state index is 0.0499. The second kappa shape index (κ2) is 8.65. The highest BCUT2D eigenvalue weighted by atomic mass is 16.5. The van der Waals surface area contributed by atoms with Gasteiger partial charge in [0.25, 0.3) is 0 Å². The number of rotatable bonds is 6. The third-order valence-electron chi connectivity index (χ3n) is 5.51. The fourth-order valence-corrected chi connectivity index (χ4v) is 3.89. The zero-order valence-electron chi connectivity index (χ0n) is 17.0. The van der Waals surface area contributed by atoms with Gasteiger partial charge in [0.15, 0.2) is 5.82 Å². The average molecular weight is 397 g/mol. The number of amides is 1. The molecule has 29 heavy (non-hydrogen) atoms. The number of nitrogens with one attached hydrogen (secondary N) is 1. The van der Waals surface area contributed by atoms with Gasteiger partial charge in [0.2, 0.25) is 5.91 Å². The van der Waals surface area contributed by atoms with Gasteiger partial charge in [-0.2, -0.15) is 5.10 Å². The van der Waals surface area contributed by atoms with E-state index in [0.717, 1.165) is 50.5 Å². The van der Waals surface area contributed by atoms with Crippen molar-refractivity contribution >= 4 is 17.4 Å². The summed E-state index contributed by atoms with van der Waals surface area (Å²) in [5.74, 6) is 2.19. The molecule has 1 aliphatic carbocycles. The highest BCUT2D eigenvalue weighted by molar-refractivity contribution is 5.92. The van der Waals surface area contributed by atoms with Gasteiger partial charge in [0.1, 0.15) is 11.5 Å². The number of piperazine rings is 1. The average Bonchev–Trinajstić information content (AvgIpc) is 3.21. The van der Waals surface area contributed by atoms with Crippen LogP contribution in [0, 0.1) is 0 Å².